The number of carbonyl (C=O) groups is 4. The van der Waals surface area contributed by atoms with Crippen LogP contribution in [0.5, 0.6) is 28.7 Å². The Morgan fingerprint density at radius 1 is 0.904 bits per heavy atom. The van der Waals surface area contributed by atoms with E-state index in [-0.39, 0.29) is 18.9 Å². The lowest BCUT2D eigenvalue weighted by Gasteiger charge is -2.32. The van der Waals surface area contributed by atoms with Crippen molar-refractivity contribution >= 4 is 46.2 Å². The number of aromatic nitrogens is 1. The molecule has 13 nitrogen and oxygen atoms in total. The van der Waals surface area contributed by atoms with Crippen molar-refractivity contribution in [2.24, 2.45) is 0 Å². The Balaban J connectivity index is 1.29. The monoisotopic (exact) mass is 720 g/mol. The first-order valence-electron chi connectivity index (χ1n) is 16.0. The molecule has 2 aliphatic heterocycles. The number of methoxy groups -OCH3 is 3. The van der Waals surface area contributed by atoms with Gasteiger partial charge in [-0.3, -0.25) is 24.1 Å². The first-order valence-corrected chi connectivity index (χ1v) is 16.9. The van der Waals surface area contributed by atoms with Gasteiger partial charge < -0.3 is 33.9 Å². The van der Waals surface area contributed by atoms with Crippen molar-refractivity contribution in [1.82, 2.24) is 9.88 Å². The van der Waals surface area contributed by atoms with Crippen LogP contribution in [-0.2, 0) is 20.9 Å². The fourth-order valence-corrected chi connectivity index (χ4v) is 6.86. The molecule has 0 aliphatic carbocycles. The summed E-state index contributed by atoms with van der Waals surface area (Å²) in [5, 5.41) is 5.30. The molecule has 2 aliphatic rings. The van der Waals surface area contributed by atoms with E-state index in [0.29, 0.717) is 56.4 Å². The van der Waals surface area contributed by atoms with Crippen molar-refractivity contribution in [2.75, 3.05) is 44.9 Å². The number of hydrogen-bond acceptors (Lipinski definition) is 11. The predicted octanol–water partition coefficient (Wildman–Crippen LogP) is 5.50. The van der Waals surface area contributed by atoms with E-state index in [0.717, 1.165) is 10.5 Å². The SMILES string of the molecule is COc1ccc(-c2csc(CN(C(=O)CN3C(=O)C(=O)c4ccccc43)C(C(=O)Nc3ccc4c(c3)OCO4)c3ccc(OC)c(OC)c3)n2)cc1. The second-order valence-electron chi connectivity index (χ2n) is 11.7. The number of carbonyl (C=O) groups excluding carboxylic acids is 4. The Hall–Kier alpha value is -6.41. The molecule has 4 aromatic carbocycles. The first-order chi connectivity index (χ1) is 25.3. The maximum atomic E-state index is 14.6. The van der Waals surface area contributed by atoms with Crippen LogP contribution in [0.15, 0.2) is 90.3 Å². The maximum absolute atomic E-state index is 14.6. The Morgan fingerprint density at radius 2 is 1.67 bits per heavy atom. The van der Waals surface area contributed by atoms with E-state index in [2.05, 4.69) is 5.32 Å². The summed E-state index contributed by atoms with van der Waals surface area (Å²) in [5.41, 5.74) is 2.80. The number of nitrogens with zero attached hydrogens (tertiary/aromatic N) is 3. The third-order valence-corrected chi connectivity index (χ3v) is 9.49. The van der Waals surface area contributed by atoms with Gasteiger partial charge in [0, 0.05) is 22.7 Å². The Kier molecular flexibility index (Phi) is 9.46. The second kappa shape index (κ2) is 14.4. The summed E-state index contributed by atoms with van der Waals surface area (Å²) in [6, 6.07) is 22.5. The molecule has 3 amide bonds. The van der Waals surface area contributed by atoms with Gasteiger partial charge in [-0.25, -0.2) is 4.98 Å². The molecule has 1 aromatic heterocycles. The molecule has 3 heterocycles. The number of thiazole rings is 1. The molecule has 5 aromatic rings. The Morgan fingerprint density at radius 3 is 2.44 bits per heavy atom. The number of amides is 3. The fraction of sp³-hybridized carbons (Fsp3) is 0.184. The lowest BCUT2D eigenvalue weighted by Crippen LogP contribution is -2.46. The highest BCUT2D eigenvalue weighted by Crippen LogP contribution is 2.37. The highest BCUT2D eigenvalue weighted by Gasteiger charge is 2.40. The van der Waals surface area contributed by atoms with Crippen LogP contribution in [0, 0.1) is 0 Å². The zero-order chi connectivity index (χ0) is 36.4. The zero-order valence-electron chi connectivity index (χ0n) is 28.3. The van der Waals surface area contributed by atoms with E-state index in [1.54, 1.807) is 67.8 Å². The van der Waals surface area contributed by atoms with Crippen molar-refractivity contribution < 1.29 is 42.9 Å². The van der Waals surface area contributed by atoms with E-state index in [4.69, 9.17) is 28.7 Å². The molecule has 1 atom stereocenters. The average molecular weight is 721 g/mol. The van der Waals surface area contributed by atoms with E-state index in [1.807, 2.05) is 29.6 Å². The minimum Gasteiger partial charge on any atom is -0.497 e. The summed E-state index contributed by atoms with van der Waals surface area (Å²) >= 11 is 1.31. The van der Waals surface area contributed by atoms with Crippen molar-refractivity contribution in [1.29, 1.82) is 0 Å². The van der Waals surface area contributed by atoms with Gasteiger partial charge in [-0.05, 0) is 66.2 Å². The van der Waals surface area contributed by atoms with Crippen LogP contribution in [0.1, 0.15) is 27.0 Å². The summed E-state index contributed by atoms with van der Waals surface area (Å²) < 4.78 is 27.3. The smallest absolute Gasteiger partial charge is 0.299 e. The molecule has 264 valence electrons. The molecule has 0 spiro atoms. The van der Waals surface area contributed by atoms with Gasteiger partial charge in [0.05, 0.1) is 44.8 Å². The molecule has 0 bridgehead atoms. The largest absolute Gasteiger partial charge is 0.497 e. The van der Waals surface area contributed by atoms with Gasteiger partial charge in [0.15, 0.2) is 23.0 Å². The minimum absolute atomic E-state index is 0.0520. The number of ketones is 1. The standard InChI is InChI=1S/C38H32N4O9S/c1-47-25-12-8-22(9-13-25)27-20-52-33(40-27)18-42(34(43)19-41-28-7-5-4-6-26(28)36(44)38(41)46)35(23-10-14-29(48-2)31(16-23)49-3)37(45)39-24-11-15-30-32(17-24)51-21-50-30/h4-17,20,35H,18-19,21H2,1-3H3,(H,39,45). The van der Waals surface area contributed by atoms with E-state index < -0.39 is 36.1 Å². The molecule has 1 N–H and O–H groups in total. The van der Waals surface area contributed by atoms with Gasteiger partial charge in [-0.1, -0.05) is 18.2 Å². The van der Waals surface area contributed by atoms with E-state index in [1.165, 1.54) is 30.5 Å². The summed E-state index contributed by atoms with van der Waals surface area (Å²) in [7, 11) is 4.55. The van der Waals surface area contributed by atoms with Gasteiger partial charge in [0.25, 0.3) is 17.6 Å². The number of hydrogen-bond donors (Lipinski definition) is 1. The second-order valence-corrected chi connectivity index (χ2v) is 12.6. The molecule has 0 saturated carbocycles. The van der Waals surface area contributed by atoms with Crippen LogP contribution < -0.4 is 33.9 Å². The fourth-order valence-electron chi connectivity index (χ4n) is 6.06. The van der Waals surface area contributed by atoms with Crippen LogP contribution in [0.25, 0.3) is 11.3 Å². The normalized spacial score (nSPS) is 13.4. The zero-order valence-corrected chi connectivity index (χ0v) is 29.1. The van der Waals surface area contributed by atoms with Gasteiger partial charge >= 0.3 is 0 Å². The summed E-state index contributed by atoms with van der Waals surface area (Å²) in [6.07, 6.45) is 0. The predicted molar refractivity (Wildman–Crippen MR) is 191 cm³/mol. The van der Waals surface area contributed by atoms with Gasteiger partial charge in [-0.2, -0.15) is 0 Å². The number of para-hydroxylation sites is 1. The van der Waals surface area contributed by atoms with Crippen molar-refractivity contribution in [3.63, 3.8) is 0 Å². The molecular weight excluding hydrogens is 689 g/mol. The van der Waals surface area contributed by atoms with Crippen molar-refractivity contribution in [3.05, 3.63) is 106 Å². The number of anilines is 2. The topological polar surface area (TPSA) is 146 Å². The van der Waals surface area contributed by atoms with Gasteiger partial charge in [0.2, 0.25) is 12.7 Å². The van der Waals surface area contributed by atoms with Crippen LogP contribution in [0.2, 0.25) is 0 Å². The number of nitrogens with one attached hydrogen (secondary N) is 1. The van der Waals surface area contributed by atoms with Crippen LogP contribution >= 0.6 is 11.3 Å². The van der Waals surface area contributed by atoms with E-state index in [9.17, 15) is 19.2 Å². The molecule has 14 heteroatoms. The molecular formula is C38H32N4O9S. The first kappa shape index (κ1) is 34.1. The quantitative estimate of drug-likeness (QED) is 0.164. The third-order valence-electron chi connectivity index (χ3n) is 8.66. The molecule has 1 unspecified atom stereocenters. The van der Waals surface area contributed by atoms with Crippen LogP contribution in [0.3, 0.4) is 0 Å². The molecule has 52 heavy (non-hydrogen) atoms. The Bertz CT molecular complexity index is 2190. The third kappa shape index (κ3) is 6.58. The highest BCUT2D eigenvalue weighted by atomic mass is 32.1. The average Bonchev–Trinajstić information content (AvgIpc) is 3.90. The molecule has 0 radical (unpaired) electrons. The number of benzene rings is 4. The molecule has 0 fully saturated rings. The number of ether oxygens (including phenoxy) is 5. The summed E-state index contributed by atoms with van der Waals surface area (Å²) in [6.45, 7) is -0.583. The molecule has 0 saturated heterocycles. The molecule has 7 rings (SSSR count). The lowest BCUT2D eigenvalue weighted by molar-refractivity contribution is -0.139. The maximum Gasteiger partial charge on any atom is 0.299 e. The summed E-state index contributed by atoms with van der Waals surface area (Å²) in [5.74, 6) is -0.298. The minimum atomic E-state index is -1.28. The number of rotatable bonds is 12. The highest BCUT2D eigenvalue weighted by molar-refractivity contribution is 7.09. The lowest BCUT2D eigenvalue weighted by atomic mass is 10.0. The Labute approximate surface area is 302 Å². The van der Waals surface area contributed by atoms with Crippen molar-refractivity contribution in [3.8, 4) is 40.0 Å². The van der Waals surface area contributed by atoms with Gasteiger partial charge in [0.1, 0.15) is 23.3 Å². The van der Waals surface area contributed by atoms with E-state index >= 15 is 0 Å². The van der Waals surface area contributed by atoms with Gasteiger partial charge in [-0.15, -0.1) is 11.3 Å². The summed E-state index contributed by atoms with van der Waals surface area (Å²) in [4.78, 5) is 62.5. The number of fused-ring (bicyclic) bond motifs is 2. The van der Waals surface area contributed by atoms with Crippen LogP contribution in [-0.4, -0.2) is 68.1 Å². The number of Topliss-reactive ketones (excluding diaryl/α,β-unsaturated/α-hetero) is 1. The van der Waals surface area contributed by atoms with Crippen LogP contribution in [0.4, 0.5) is 11.4 Å². The van der Waals surface area contributed by atoms with Crippen molar-refractivity contribution in [2.45, 2.75) is 12.6 Å².